The Morgan fingerprint density at radius 3 is 2.50 bits per heavy atom. The van der Waals surface area contributed by atoms with Crippen molar-refractivity contribution in [3.8, 4) is 0 Å². The number of nitrogens with two attached hydrogens (primary N) is 1. The number of nitrogens with zero attached hydrogens (tertiary/aromatic N) is 1. The summed E-state index contributed by atoms with van der Waals surface area (Å²) in [4.78, 5) is 14.5. The van der Waals surface area contributed by atoms with Gasteiger partial charge in [0.2, 0.25) is 10.0 Å². The number of carbonyl (C=O) groups excluding carboxylic acids is 1. The number of sulfonamides is 1. The van der Waals surface area contributed by atoms with Gasteiger partial charge in [-0.2, -0.15) is 0 Å². The third kappa shape index (κ3) is 3.16. The van der Waals surface area contributed by atoms with E-state index in [4.69, 9.17) is 5.73 Å². The fourth-order valence-electron chi connectivity index (χ4n) is 2.78. The van der Waals surface area contributed by atoms with Crippen LogP contribution in [0.2, 0.25) is 0 Å². The van der Waals surface area contributed by atoms with Crippen molar-refractivity contribution in [2.45, 2.75) is 42.7 Å². The average Bonchev–Trinajstić information content (AvgIpc) is 3.18. The Labute approximate surface area is 130 Å². The zero-order chi connectivity index (χ0) is 15.7. The SMILES string of the molecule is NCC1CCCN1C(=O)c1ccc(S(=O)(=O)NC2CC2)cc1. The van der Waals surface area contributed by atoms with Crippen LogP contribution in [0.4, 0.5) is 0 Å². The van der Waals surface area contributed by atoms with E-state index in [0.717, 1.165) is 25.7 Å². The molecule has 3 N–H and O–H groups in total. The average molecular weight is 323 g/mol. The molecular weight excluding hydrogens is 302 g/mol. The van der Waals surface area contributed by atoms with Gasteiger partial charge in [0.25, 0.3) is 5.91 Å². The van der Waals surface area contributed by atoms with Gasteiger partial charge < -0.3 is 10.6 Å². The number of hydrogen-bond acceptors (Lipinski definition) is 4. The van der Waals surface area contributed by atoms with Gasteiger partial charge in [0, 0.05) is 30.7 Å². The van der Waals surface area contributed by atoms with Crippen LogP contribution in [-0.4, -0.2) is 44.4 Å². The number of rotatable bonds is 5. The first-order valence-electron chi connectivity index (χ1n) is 7.65. The molecule has 6 nitrogen and oxygen atoms in total. The highest BCUT2D eigenvalue weighted by Crippen LogP contribution is 2.23. The number of likely N-dealkylation sites (tertiary alicyclic amines) is 1. The van der Waals surface area contributed by atoms with E-state index in [1.54, 1.807) is 17.0 Å². The molecule has 1 heterocycles. The van der Waals surface area contributed by atoms with Crippen LogP contribution >= 0.6 is 0 Å². The molecule has 2 aliphatic rings. The van der Waals surface area contributed by atoms with Crippen molar-refractivity contribution in [2.24, 2.45) is 5.73 Å². The van der Waals surface area contributed by atoms with Crippen LogP contribution in [0.3, 0.4) is 0 Å². The maximum Gasteiger partial charge on any atom is 0.254 e. The third-order valence-electron chi connectivity index (χ3n) is 4.22. The number of carbonyl (C=O) groups is 1. The molecule has 0 spiro atoms. The molecule has 0 radical (unpaired) electrons. The normalized spacial score (nSPS) is 22.0. The Morgan fingerprint density at radius 2 is 1.91 bits per heavy atom. The first-order valence-corrected chi connectivity index (χ1v) is 9.13. The Balaban J connectivity index is 1.74. The minimum Gasteiger partial charge on any atom is -0.334 e. The maximum absolute atomic E-state index is 12.5. The highest BCUT2D eigenvalue weighted by Gasteiger charge is 2.30. The highest BCUT2D eigenvalue weighted by atomic mass is 32.2. The Hall–Kier alpha value is -1.44. The van der Waals surface area contributed by atoms with Crippen LogP contribution in [-0.2, 0) is 10.0 Å². The van der Waals surface area contributed by atoms with Crippen LogP contribution < -0.4 is 10.5 Å². The summed E-state index contributed by atoms with van der Waals surface area (Å²) in [5, 5.41) is 0. The molecule has 120 valence electrons. The van der Waals surface area contributed by atoms with Gasteiger partial charge in [-0.3, -0.25) is 4.79 Å². The summed E-state index contributed by atoms with van der Waals surface area (Å²) in [7, 11) is -3.47. The van der Waals surface area contributed by atoms with Gasteiger partial charge in [-0.25, -0.2) is 13.1 Å². The van der Waals surface area contributed by atoms with Crippen LogP contribution in [0.5, 0.6) is 0 Å². The van der Waals surface area contributed by atoms with Crippen molar-refractivity contribution in [3.05, 3.63) is 29.8 Å². The van der Waals surface area contributed by atoms with E-state index in [1.807, 2.05) is 0 Å². The molecule has 1 unspecified atom stereocenters. The molecule has 1 aliphatic heterocycles. The van der Waals surface area contributed by atoms with Crippen molar-refractivity contribution < 1.29 is 13.2 Å². The molecule has 7 heteroatoms. The summed E-state index contributed by atoms with van der Waals surface area (Å²) < 4.78 is 26.8. The molecule has 22 heavy (non-hydrogen) atoms. The van der Waals surface area contributed by atoms with Gasteiger partial charge >= 0.3 is 0 Å². The second kappa shape index (κ2) is 5.98. The quantitative estimate of drug-likeness (QED) is 0.834. The van der Waals surface area contributed by atoms with Gasteiger partial charge in [-0.15, -0.1) is 0 Å². The van der Waals surface area contributed by atoms with E-state index in [1.165, 1.54) is 12.1 Å². The zero-order valence-corrected chi connectivity index (χ0v) is 13.2. The molecule has 1 amide bonds. The van der Waals surface area contributed by atoms with Crippen LogP contribution in [0, 0.1) is 0 Å². The fraction of sp³-hybridized carbons (Fsp3) is 0.533. The molecule has 3 rings (SSSR count). The standard InChI is InChI=1S/C15H21N3O3S/c16-10-13-2-1-9-18(13)15(19)11-3-7-14(8-4-11)22(20,21)17-12-5-6-12/h3-4,7-8,12-13,17H,1-2,5-6,9-10,16H2. The summed E-state index contributed by atoms with van der Waals surface area (Å²) in [5.74, 6) is -0.0768. The van der Waals surface area contributed by atoms with Gasteiger partial charge in [-0.05, 0) is 49.9 Å². The van der Waals surface area contributed by atoms with Crippen molar-refractivity contribution >= 4 is 15.9 Å². The van der Waals surface area contributed by atoms with Crippen LogP contribution in [0.25, 0.3) is 0 Å². The number of benzene rings is 1. The predicted molar refractivity (Wildman–Crippen MR) is 82.9 cm³/mol. The second-order valence-corrected chi connectivity index (χ2v) is 7.66. The smallest absolute Gasteiger partial charge is 0.254 e. The Kier molecular flexibility index (Phi) is 4.20. The Bertz CT molecular complexity index is 653. The lowest BCUT2D eigenvalue weighted by atomic mass is 10.1. The van der Waals surface area contributed by atoms with Crippen molar-refractivity contribution in [2.75, 3.05) is 13.1 Å². The topological polar surface area (TPSA) is 92.5 Å². The molecule has 1 saturated heterocycles. The summed E-state index contributed by atoms with van der Waals surface area (Å²) in [6.45, 7) is 1.17. The monoisotopic (exact) mass is 323 g/mol. The van der Waals surface area contributed by atoms with E-state index < -0.39 is 10.0 Å². The highest BCUT2D eigenvalue weighted by molar-refractivity contribution is 7.89. The number of nitrogens with one attached hydrogen (secondary N) is 1. The second-order valence-electron chi connectivity index (χ2n) is 5.95. The van der Waals surface area contributed by atoms with Crippen molar-refractivity contribution in [3.63, 3.8) is 0 Å². The van der Waals surface area contributed by atoms with Crippen molar-refractivity contribution in [1.29, 1.82) is 0 Å². The van der Waals surface area contributed by atoms with E-state index in [2.05, 4.69) is 4.72 Å². The number of hydrogen-bond donors (Lipinski definition) is 2. The molecule has 0 aromatic heterocycles. The fourth-order valence-corrected chi connectivity index (χ4v) is 4.08. The van der Waals surface area contributed by atoms with Crippen LogP contribution in [0.1, 0.15) is 36.0 Å². The molecule has 1 saturated carbocycles. The summed E-state index contributed by atoms with van der Waals surface area (Å²) >= 11 is 0. The minimum absolute atomic E-state index is 0.0706. The summed E-state index contributed by atoms with van der Waals surface area (Å²) in [5.41, 5.74) is 6.20. The van der Waals surface area contributed by atoms with Crippen molar-refractivity contribution in [1.82, 2.24) is 9.62 Å². The predicted octanol–water partition coefficient (Wildman–Crippen LogP) is 0.691. The first-order chi connectivity index (χ1) is 10.5. The van der Waals surface area contributed by atoms with Crippen LogP contribution in [0.15, 0.2) is 29.2 Å². The van der Waals surface area contributed by atoms with E-state index >= 15 is 0 Å². The zero-order valence-electron chi connectivity index (χ0n) is 12.4. The summed E-state index contributed by atoms with van der Waals surface area (Å²) in [6, 6.07) is 6.30. The van der Waals surface area contributed by atoms with E-state index in [0.29, 0.717) is 18.7 Å². The lowest BCUT2D eigenvalue weighted by Crippen LogP contribution is -2.39. The molecule has 1 aromatic carbocycles. The molecule has 2 fully saturated rings. The lowest BCUT2D eigenvalue weighted by Gasteiger charge is -2.23. The van der Waals surface area contributed by atoms with Gasteiger partial charge in [0.15, 0.2) is 0 Å². The first kappa shape index (κ1) is 15.5. The van der Waals surface area contributed by atoms with Gasteiger partial charge in [-0.1, -0.05) is 0 Å². The molecule has 1 aromatic rings. The molecular formula is C15H21N3O3S. The summed E-state index contributed by atoms with van der Waals surface area (Å²) in [6.07, 6.45) is 3.68. The largest absolute Gasteiger partial charge is 0.334 e. The van der Waals surface area contributed by atoms with E-state index in [9.17, 15) is 13.2 Å². The molecule has 0 bridgehead atoms. The van der Waals surface area contributed by atoms with Gasteiger partial charge in [0.05, 0.1) is 4.90 Å². The minimum atomic E-state index is -3.47. The third-order valence-corrected chi connectivity index (χ3v) is 5.76. The molecule has 1 atom stereocenters. The maximum atomic E-state index is 12.5. The van der Waals surface area contributed by atoms with Gasteiger partial charge in [0.1, 0.15) is 0 Å². The van der Waals surface area contributed by atoms with E-state index in [-0.39, 0.29) is 22.9 Å². The number of amides is 1. The lowest BCUT2D eigenvalue weighted by molar-refractivity contribution is 0.0741. The molecule has 1 aliphatic carbocycles. The Morgan fingerprint density at radius 1 is 1.23 bits per heavy atom.